The summed E-state index contributed by atoms with van der Waals surface area (Å²) in [4.78, 5) is 63.6. The van der Waals surface area contributed by atoms with Crippen LogP contribution in [0.2, 0.25) is 0 Å². The van der Waals surface area contributed by atoms with Crippen molar-refractivity contribution in [2.45, 2.75) is 32.7 Å². The van der Waals surface area contributed by atoms with Crippen LogP contribution >= 0.6 is 0 Å². The molecule has 1 aliphatic heterocycles. The molecule has 162 valence electrons. The fraction of sp³-hybridized carbons (Fsp3) is 0.450. The van der Waals surface area contributed by atoms with E-state index in [9.17, 15) is 24.0 Å². The maximum absolute atomic E-state index is 13.2. The van der Waals surface area contributed by atoms with E-state index >= 15 is 0 Å². The Bertz CT molecular complexity index is 853. The van der Waals surface area contributed by atoms with Crippen LogP contribution in [0.3, 0.4) is 0 Å². The Kier molecular flexibility index (Phi) is 7.51. The molecular weight excluding hydrogens is 392 g/mol. The molecule has 0 unspecified atom stereocenters. The van der Waals surface area contributed by atoms with Gasteiger partial charge in [0.2, 0.25) is 17.7 Å². The zero-order valence-electron chi connectivity index (χ0n) is 17.0. The normalized spacial score (nSPS) is 16.0. The monoisotopic (exact) mass is 418 g/mol. The number of rotatable bonds is 9. The number of carboxylic acids is 1. The smallest absolute Gasteiger partial charge is 0.303 e. The van der Waals surface area contributed by atoms with Gasteiger partial charge in [0, 0.05) is 13.0 Å². The first-order valence-corrected chi connectivity index (χ1v) is 9.58. The first-order valence-electron chi connectivity index (χ1n) is 9.58. The maximum Gasteiger partial charge on any atom is 0.303 e. The van der Waals surface area contributed by atoms with E-state index in [4.69, 9.17) is 10.8 Å². The van der Waals surface area contributed by atoms with Crippen molar-refractivity contribution in [2.75, 3.05) is 25.0 Å². The molecule has 10 heteroatoms. The summed E-state index contributed by atoms with van der Waals surface area (Å²) in [6.07, 6.45) is -0.516. The zero-order chi connectivity index (χ0) is 22.4. The number of hydrogen-bond acceptors (Lipinski definition) is 5. The summed E-state index contributed by atoms with van der Waals surface area (Å²) in [5.74, 6) is -3.48. The minimum atomic E-state index is -1.15. The van der Waals surface area contributed by atoms with Crippen molar-refractivity contribution in [3.05, 3.63) is 29.8 Å². The fourth-order valence-electron chi connectivity index (χ4n) is 3.29. The second-order valence-electron chi connectivity index (χ2n) is 7.55. The van der Waals surface area contributed by atoms with Gasteiger partial charge in [0.05, 0.1) is 17.8 Å². The number of nitrogens with one attached hydrogen (secondary N) is 1. The van der Waals surface area contributed by atoms with Gasteiger partial charge in [-0.15, -0.1) is 0 Å². The molecule has 0 spiro atoms. The van der Waals surface area contributed by atoms with E-state index in [0.717, 1.165) is 4.90 Å². The third-order valence-electron chi connectivity index (χ3n) is 4.58. The first kappa shape index (κ1) is 22.9. The third-order valence-corrected chi connectivity index (χ3v) is 4.58. The van der Waals surface area contributed by atoms with Crippen molar-refractivity contribution in [2.24, 2.45) is 11.7 Å². The molecule has 10 nitrogen and oxygen atoms in total. The number of para-hydroxylation sites is 1. The van der Waals surface area contributed by atoms with Crippen molar-refractivity contribution >= 4 is 35.3 Å². The van der Waals surface area contributed by atoms with E-state index in [2.05, 4.69) is 5.32 Å². The van der Waals surface area contributed by atoms with E-state index in [1.807, 2.05) is 13.8 Å². The lowest BCUT2D eigenvalue weighted by Crippen LogP contribution is -2.52. The van der Waals surface area contributed by atoms with Gasteiger partial charge in [-0.05, 0) is 24.5 Å². The number of anilines is 1. The summed E-state index contributed by atoms with van der Waals surface area (Å²) < 4.78 is 0. The molecule has 1 aromatic rings. The summed E-state index contributed by atoms with van der Waals surface area (Å²) in [7, 11) is 0. The number of carbonyl (C=O) groups excluding carboxylic acids is 4. The Labute approximate surface area is 174 Å². The molecule has 4 N–H and O–H groups in total. The van der Waals surface area contributed by atoms with Gasteiger partial charge in [-0.1, -0.05) is 26.0 Å². The highest BCUT2D eigenvalue weighted by Crippen LogP contribution is 2.25. The van der Waals surface area contributed by atoms with Crippen molar-refractivity contribution in [1.29, 1.82) is 0 Å². The van der Waals surface area contributed by atoms with Crippen LogP contribution in [-0.4, -0.2) is 70.2 Å². The predicted octanol–water partition coefficient (Wildman–Crippen LogP) is 0.284. The van der Waals surface area contributed by atoms with E-state index < -0.39 is 42.2 Å². The zero-order valence-corrected chi connectivity index (χ0v) is 17.0. The number of hydrogen-bond donors (Lipinski definition) is 3. The number of aliphatic carboxylic acids is 1. The maximum atomic E-state index is 13.2. The number of amides is 4. The molecule has 1 aromatic carbocycles. The molecule has 0 bridgehead atoms. The van der Waals surface area contributed by atoms with Gasteiger partial charge in [-0.3, -0.25) is 24.0 Å². The minimum Gasteiger partial charge on any atom is -0.481 e. The molecule has 0 saturated heterocycles. The number of nitrogens with zero attached hydrogens (tertiary/aromatic N) is 2. The van der Waals surface area contributed by atoms with Gasteiger partial charge in [-0.25, -0.2) is 0 Å². The van der Waals surface area contributed by atoms with Crippen LogP contribution in [0.4, 0.5) is 5.69 Å². The molecule has 0 saturated carbocycles. The second-order valence-corrected chi connectivity index (χ2v) is 7.55. The molecular formula is C20H26N4O6. The lowest BCUT2D eigenvalue weighted by atomic mass is 10.1. The number of primary amides is 1. The predicted molar refractivity (Wildman–Crippen MR) is 107 cm³/mol. The topological polar surface area (TPSA) is 150 Å². The molecule has 2 rings (SSSR count). The highest BCUT2D eigenvalue weighted by molar-refractivity contribution is 6.10. The van der Waals surface area contributed by atoms with E-state index in [0.29, 0.717) is 5.69 Å². The third kappa shape index (κ3) is 5.79. The molecule has 1 aliphatic rings. The van der Waals surface area contributed by atoms with Gasteiger partial charge >= 0.3 is 5.97 Å². The second kappa shape index (κ2) is 9.86. The average Bonchev–Trinajstić information content (AvgIpc) is 2.74. The minimum absolute atomic E-state index is 0.0416. The van der Waals surface area contributed by atoms with Gasteiger partial charge in [0.15, 0.2) is 0 Å². The summed E-state index contributed by atoms with van der Waals surface area (Å²) in [5, 5.41) is 11.7. The number of benzene rings is 1. The Balaban J connectivity index is 2.37. The van der Waals surface area contributed by atoms with Crippen LogP contribution < -0.4 is 11.1 Å². The van der Waals surface area contributed by atoms with Crippen molar-refractivity contribution in [3.8, 4) is 0 Å². The number of carboxylic acid groups (broad SMARTS) is 1. The van der Waals surface area contributed by atoms with Crippen LogP contribution in [0.25, 0.3) is 0 Å². The van der Waals surface area contributed by atoms with E-state index in [1.165, 1.54) is 11.0 Å². The van der Waals surface area contributed by atoms with Crippen LogP contribution in [0, 0.1) is 5.92 Å². The van der Waals surface area contributed by atoms with Crippen molar-refractivity contribution in [3.63, 3.8) is 0 Å². The quantitative estimate of drug-likeness (QED) is 0.524. The van der Waals surface area contributed by atoms with E-state index in [-0.39, 0.29) is 37.4 Å². The standard InChI is InChI=1S/C20H26N4O6/c1-12(2)9-23(10-16(21)25)17(26)11-24-15(7-8-18(27)28)19(29)22-14-6-4-3-5-13(14)20(24)30/h3-6,12,15H,7-11H2,1-2H3,(H2,21,25)(H,22,29)(H,27,28)/t15-/m0/s1. The Morgan fingerprint density at radius 3 is 2.50 bits per heavy atom. The highest BCUT2D eigenvalue weighted by Gasteiger charge is 2.37. The molecule has 1 atom stereocenters. The van der Waals surface area contributed by atoms with Crippen LogP contribution in [0.1, 0.15) is 37.0 Å². The number of fused-ring (bicyclic) bond motifs is 1. The van der Waals surface area contributed by atoms with Crippen molar-refractivity contribution in [1.82, 2.24) is 9.80 Å². The lowest BCUT2D eigenvalue weighted by Gasteiger charge is -2.31. The van der Waals surface area contributed by atoms with Gasteiger partial charge < -0.3 is 26.0 Å². The molecule has 4 amide bonds. The van der Waals surface area contributed by atoms with Crippen LogP contribution in [0.15, 0.2) is 24.3 Å². The lowest BCUT2D eigenvalue weighted by molar-refractivity contribution is -0.138. The number of nitrogens with two attached hydrogens (primary N) is 1. The van der Waals surface area contributed by atoms with Gasteiger partial charge in [0.1, 0.15) is 12.6 Å². The van der Waals surface area contributed by atoms with E-state index in [1.54, 1.807) is 18.2 Å². The molecule has 30 heavy (non-hydrogen) atoms. The summed E-state index contributed by atoms with van der Waals surface area (Å²) in [5.41, 5.74) is 5.73. The van der Waals surface area contributed by atoms with Crippen LogP contribution in [-0.2, 0) is 19.2 Å². The molecule has 0 fully saturated rings. The largest absolute Gasteiger partial charge is 0.481 e. The fourth-order valence-corrected chi connectivity index (χ4v) is 3.29. The first-order chi connectivity index (χ1) is 14.1. The summed E-state index contributed by atoms with van der Waals surface area (Å²) in [6.45, 7) is 3.16. The molecule has 1 heterocycles. The van der Waals surface area contributed by atoms with Crippen molar-refractivity contribution < 1.29 is 29.1 Å². The highest BCUT2D eigenvalue weighted by atomic mass is 16.4. The molecule has 0 aromatic heterocycles. The van der Waals surface area contributed by atoms with Gasteiger partial charge in [-0.2, -0.15) is 0 Å². The molecule has 0 aliphatic carbocycles. The Morgan fingerprint density at radius 2 is 1.90 bits per heavy atom. The van der Waals surface area contributed by atoms with Crippen LogP contribution in [0.5, 0.6) is 0 Å². The Hall–Kier alpha value is -3.43. The van der Waals surface area contributed by atoms with Gasteiger partial charge in [0.25, 0.3) is 5.91 Å². The average molecular weight is 418 g/mol. The molecule has 0 radical (unpaired) electrons. The summed E-state index contributed by atoms with van der Waals surface area (Å²) >= 11 is 0. The number of carbonyl (C=O) groups is 5. The Morgan fingerprint density at radius 1 is 1.23 bits per heavy atom. The SMILES string of the molecule is CC(C)CN(CC(N)=O)C(=O)CN1C(=O)c2ccccc2NC(=O)[C@@H]1CCC(=O)O. The summed E-state index contributed by atoms with van der Waals surface area (Å²) in [6, 6.07) is 5.20.